The summed E-state index contributed by atoms with van der Waals surface area (Å²) < 4.78 is 0. The number of piperidine rings is 1. The first-order chi connectivity index (χ1) is 8.77. The molecule has 1 saturated carbocycles. The Morgan fingerprint density at radius 3 is 2.32 bits per heavy atom. The predicted molar refractivity (Wildman–Crippen MR) is 78.9 cm³/mol. The van der Waals surface area contributed by atoms with Gasteiger partial charge in [0.2, 0.25) is 5.91 Å². The number of amides is 1. The highest BCUT2D eigenvalue weighted by molar-refractivity contribution is 5.79. The Kier molecular flexibility index (Phi) is 4.24. The lowest BCUT2D eigenvalue weighted by Crippen LogP contribution is -2.49. The summed E-state index contributed by atoms with van der Waals surface area (Å²) in [7, 11) is 0. The van der Waals surface area contributed by atoms with Crippen LogP contribution in [0.25, 0.3) is 0 Å². The van der Waals surface area contributed by atoms with E-state index in [1.54, 1.807) is 0 Å². The van der Waals surface area contributed by atoms with E-state index in [9.17, 15) is 4.79 Å². The van der Waals surface area contributed by atoms with Crippen LogP contribution in [0.15, 0.2) is 0 Å². The number of rotatable bonds is 2. The van der Waals surface area contributed by atoms with Crippen molar-refractivity contribution < 1.29 is 4.79 Å². The van der Waals surface area contributed by atoms with E-state index in [0.29, 0.717) is 16.9 Å². The number of hydrogen-bond donors (Lipinski definition) is 2. The van der Waals surface area contributed by atoms with Gasteiger partial charge in [0.05, 0.1) is 5.92 Å². The van der Waals surface area contributed by atoms with E-state index in [-0.39, 0.29) is 11.8 Å². The van der Waals surface area contributed by atoms with Crippen molar-refractivity contribution in [3.8, 4) is 0 Å². The molecule has 0 aromatic rings. The van der Waals surface area contributed by atoms with Crippen LogP contribution in [0.5, 0.6) is 0 Å². The Labute approximate surface area is 117 Å². The highest BCUT2D eigenvalue weighted by Gasteiger charge is 2.39. The minimum Gasteiger partial charge on any atom is -0.353 e. The van der Waals surface area contributed by atoms with Crippen molar-refractivity contribution in [3.63, 3.8) is 0 Å². The molecule has 0 radical (unpaired) electrons. The summed E-state index contributed by atoms with van der Waals surface area (Å²) >= 11 is 0. The molecule has 1 atom stereocenters. The minimum atomic E-state index is 0.182. The van der Waals surface area contributed by atoms with E-state index in [0.717, 1.165) is 38.8 Å². The van der Waals surface area contributed by atoms with Gasteiger partial charge in [-0.05, 0) is 49.5 Å². The molecule has 0 aromatic heterocycles. The van der Waals surface area contributed by atoms with E-state index in [1.807, 2.05) is 0 Å². The largest absolute Gasteiger partial charge is 0.353 e. The standard InChI is InChI=1S/C16H30N2O/c1-15(2)8-13(9-16(3,4)11-15)18-14(19)12-6-5-7-17-10-12/h12-13,17H,5-11H2,1-4H3,(H,18,19)/t12-/m0/s1. The summed E-state index contributed by atoms with van der Waals surface area (Å²) in [4.78, 5) is 12.3. The summed E-state index contributed by atoms with van der Waals surface area (Å²) in [5.74, 6) is 0.451. The number of carbonyl (C=O) groups excluding carboxylic acids is 1. The molecule has 3 nitrogen and oxygen atoms in total. The first-order valence-corrected chi connectivity index (χ1v) is 7.79. The maximum absolute atomic E-state index is 12.3. The van der Waals surface area contributed by atoms with Crippen LogP contribution in [-0.2, 0) is 4.79 Å². The van der Waals surface area contributed by atoms with Crippen molar-refractivity contribution in [1.29, 1.82) is 0 Å². The lowest BCUT2D eigenvalue weighted by atomic mass is 9.63. The summed E-state index contributed by atoms with van der Waals surface area (Å²) in [5.41, 5.74) is 0.676. The quantitative estimate of drug-likeness (QED) is 0.807. The molecule has 3 heteroatoms. The minimum absolute atomic E-state index is 0.182. The van der Waals surface area contributed by atoms with Crippen LogP contribution >= 0.6 is 0 Å². The average molecular weight is 266 g/mol. The molecule has 0 bridgehead atoms. The molecule has 2 fully saturated rings. The van der Waals surface area contributed by atoms with Gasteiger partial charge in [0.25, 0.3) is 0 Å². The topological polar surface area (TPSA) is 41.1 Å². The molecule has 1 heterocycles. The van der Waals surface area contributed by atoms with Crippen molar-refractivity contribution in [2.45, 2.75) is 65.8 Å². The lowest BCUT2D eigenvalue weighted by molar-refractivity contribution is -0.127. The Balaban J connectivity index is 1.92. The highest BCUT2D eigenvalue weighted by Crippen LogP contribution is 2.45. The molecule has 1 aliphatic heterocycles. The molecule has 0 spiro atoms. The third kappa shape index (κ3) is 4.20. The van der Waals surface area contributed by atoms with Crippen LogP contribution < -0.4 is 10.6 Å². The van der Waals surface area contributed by atoms with Crippen molar-refractivity contribution in [2.24, 2.45) is 16.7 Å². The van der Waals surface area contributed by atoms with Gasteiger partial charge >= 0.3 is 0 Å². The summed E-state index contributed by atoms with van der Waals surface area (Å²) in [6, 6.07) is 0.355. The van der Waals surface area contributed by atoms with Crippen LogP contribution in [0.1, 0.15) is 59.8 Å². The van der Waals surface area contributed by atoms with Gasteiger partial charge in [0.1, 0.15) is 0 Å². The fourth-order valence-corrected chi connectivity index (χ4v) is 4.34. The molecule has 110 valence electrons. The van der Waals surface area contributed by atoms with E-state index >= 15 is 0 Å². The molecule has 2 rings (SSSR count). The fraction of sp³-hybridized carbons (Fsp3) is 0.938. The molecule has 1 saturated heterocycles. The molecule has 0 unspecified atom stereocenters. The number of hydrogen-bond acceptors (Lipinski definition) is 2. The van der Waals surface area contributed by atoms with Gasteiger partial charge in [0, 0.05) is 12.6 Å². The predicted octanol–water partition coefficient (Wildman–Crippen LogP) is 2.71. The van der Waals surface area contributed by atoms with Gasteiger partial charge in [-0.25, -0.2) is 0 Å². The maximum atomic E-state index is 12.3. The Hall–Kier alpha value is -0.570. The van der Waals surface area contributed by atoms with Crippen LogP contribution in [0.3, 0.4) is 0 Å². The van der Waals surface area contributed by atoms with Crippen LogP contribution in [0.4, 0.5) is 0 Å². The Morgan fingerprint density at radius 2 is 1.79 bits per heavy atom. The van der Waals surface area contributed by atoms with Gasteiger partial charge < -0.3 is 10.6 Å². The second kappa shape index (κ2) is 5.43. The van der Waals surface area contributed by atoms with Gasteiger partial charge in [-0.3, -0.25) is 4.79 Å². The van der Waals surface area contributed by atoms with Crippen molar-refractivity contribution >= 4 is 5.91 Å². The average Bonchev–Trinajstić information content (AvgIpc) is 2.25. The number of carbonyl (C=O) groups is 1. The maximum Gasteiger partial charge on any atom is 0.224 e. The molecular formula is C16H30N2O. The smallest absolute Gasteiger partial charge is 0.224 e. The third-order valence-corrected chi connectivity index (χ3v) is 4.57. The lowest BCUT2D eigenvalue weighted by Gasteiger charge is -2.45. The van der Waals surface area contributed by atoms with Crippen molar-refractivity contribution in [2.75, 3.05) is 13.1 Å². The zero-order valence-corrected chi connectivity index (χ0v) is 13.0. The zero-order valence-electron chi connectivity index (χ0n) is 13.0. The monoisotopic (exact) mass is 266 g/mol. The second-order valence-electron chi connectivity index (χ2n) is 8.16. The Bertz CT molecular complexity index is 314. The Morgan fingerprint density at radius 1 is 1.16 bits per heavy atom. The molecule has 19 heavy (non-hydrogen) atoms. The van der Waals surface area contributed by atoms with Gasteiger partial charge in [-0.1, -0.05) is 27.7 Å². The molecule has 2 N–H and O–H groups in total. The number of nitrogens with one attached hydrogen (secondary N) is 2. The van der Waals surface area contributed by atoms with Crippen molar-refractivity contribution in [1.82, 2.24) is 10.6 Å². The molecule has 1 aliphatic carbocycles. The fourth-order valence-electron chi connectivity index (χ4n) is 4.34. The van der Waals surface area contributed by atoms with E-state index in [4.69, 9.17) is 0 Å². The van der Waals surface area contributed by atoms with Crippen molar-refractivity contribution in [3.05, 3.63) is 0 Å². The van der Waals surface area contributed by atoms with Gasteiger partial charge in [-0.15, -0.1) is 0 Å². The summed E-state index contributed by atoms with van der Waals surface area (Å²) in [6.07, 6.45) is 5.64. The summed E-state index contributed by atoms with van der Waals surface area (Å²) in [6.45, 7) is 11.2. The SMILES string of the molecule is CC1(C)CC(NC(=O)[C@H]2CCCNC2)CC(C)(C)C1. The molecule has 0 aromatic carbocycles. The van der Waals surface area contributed by atoms with Gasteiger partial charge in [0.15, 0.2) is 0 Å². The molecular weight excluding hydrogens is 236 g/mol. The van der Waals surface area contributed by atoms with E-state index < -0.39 is 0 Å². The third-order valence-electron chi connectivity index (χ3n) is 4.57. The van der Waals surface area contributed by atoms with Gasteiger partial charge in [-0.2, -0.15) is 0 Å². The van der Waals surface area contributed by atoms with Crippen LogP contribution in [-0.4, -0.2) is 25.0 Å². The van der Waals surface area contributed by atoms with E-state index in [1.165, 1.54) is 6.42 Å². The normalized spacial score (nSPS) is 30.8. The van der Waals surface area contributed by atoms with Crippen LogP contribution in [0.2, 0.25) is 0 Å². The zero-order chi connectivity index (χ0) is 14.1. The molecule has 1 amide bonds. The summed E-state index contributed by atoms with van der Waals surface area (Å²) in [5, 5.41) is 6.65. The van der Waals surface area contributed by atoms with Crippen LogP contribution in [0, 0.1) is 16.7 Å². The first kappa shape index (κ1) is 14.8. The van der Waals surface area contributed by atoms with E-state index in [2.05, 4.69) is 38.3 Å². The molecule has 2 aliphatic rings. The highest BCUT2D eigenvalue weighted by atomic mass is 16.2. The first-order valence-electron chi connectivity index (χ1n) is 7.79. The second-order valence-corrected chi connectivity index (χ2v) is 8.16.